The van der Waals surface area contributed by atoms with E-state index in [0.717, 1.165) is 51.9 Å². The van der Waals surface area contributed by atoms with E-state index in [2.05, 4.69) is 25.8 Å². The summed E-state index contributed by atoms with van der Waals surface area (Å²) < 4.78 is 6.03. The number of amides is 1. The standard InChI is InChI=1S/C16H31N3O2/c1-15(2)4-6-16(13-17,7-5-15)21-12-14(20)19-10-8-18(3)9-11-19/h4-13,17H2,1-3H3. The minimum absolute atomic E-state index is 0.112. The number of likely N-dealkylation sites (N-methyl/N-ethyl adjacent to an activating group) is 1. The molecule has 0 unspecified atom stereocenters. The molecule has 0 aromatic carbocycles. The molecule has 2 fully saturated rings. The Balaban J connectivity index is 1.82. The first kappa shape index (κ1) is 16.7. The third kappa shape index (κ3) is 4.41. The van der Waals surface area contributed by atoms with E-state index in [-0.39, 0.29) is 18.1 Å². The first-order valence-corrected chi connectivity index (χ1v) is 8.16. The quantitative estimate of drug-likeness (QED) is 0.843. The first-order chi connectivity index (χ1) is 9.86. The van der Waals surface area contributed by atoms with Crippen LogP contribution in [0.1, 0.15) is 39.5 Å². The van der Waals surface area contributed by atoms with Crippen molar-refractivity contribution >= 4 is 5.91 Å². The summed E-state index contributed by atoms with van der Waals surface area (Å²) >= 11 is 0. The van der Waals surface area contributed by atoms with Crippen LogP contribution in [-0.4, -0.2) is 67.7 Å². The van der Waals surface area contributed by atoms with Gasteiger partial charge in [0.05, 0.1) is 5.60 Å². The second-order valence-corrected chi connectivity index (χ2v) is 7.52. The Labute approximate surface area is 128 Å². The molecule has 122 valence electrons. The van der Waals surface area contributed by atoms with Crippen molar-refractivity contribution in [3.05, 3.63) is 0 Å². The number of hydrogen-bond donors (Lipinski definition) is 1. The molecule has 1 saturated carbocycles. The highest BCUT2D eigenvalue weighted by Crippen LogP contribution is 2.41. The Morgan fingerprint density at radius 1 is 1.10 bits per heavy atom. The van der Waals surface area contributed by atoms with Crippen LogP contribution in [0.4, 0.5) is 0 Å². The van der Waals surface area contributed by atoms with E-state index in [1.54, 1.807) is 0 Å². The summed E-state index contributed by atoms with van der Waals surface area (Å²) in [5.74, 6) is 0.112. The smallest absolute Gasteiger partial charge is 0.248 e. The fourth-order valence-corrected chi connectivity index (χ4v) is 3.15. The van der Waals surface area contributed by atoms with Gasteiger partial charge in [0.25, 0.3) is 0 Å². The molecule has 0 spiro atoms. The van der Waals surface area contributed by atoms with Crippen LogP contribution in [0, 0.1) is 5.41 Å². The van der Waals surface area contributed by atoms with E-state index in [9.17, 15) is 4.79 Å². The van der Waals surface area contributed by atoms with Crippen molar-refractivity contribution in [2.75, 3.05) is 46.4 Å². The van der Waals surface area contributed by atoms with Crippen molar-refractivity contribution in [1.82, 2.24) is 9.80 Å². The van der Waals surface area contributed by atoms with Crippen LogP contribution in [0.2, 0.25) is 0 Å². The number of hydrogen-bond acceptors (Lipinski definition) is 4. The number of carbonyl (C=O) groups excluding carboxylic acids is 1. The predicted molar refractivity (Wildman–Crippen MR) is 84.1 cm³/mol. The van der Waals surface area contributed by atoms with Gasteiger partial charge in [0.2, 0.25) is 5.91 Å². The summed E-state index contributed by atoms with van der Waals surface area (Å²) in [6, 6.07) is 0. The Hall–Kier alpha value is -0.650. The summed E-state index contributed by atoms with van der Waals surface area (Å²) in [6.07, 6.45) is 4.17. The van der Waals surface area contributed by atoms with Gasteiger partial charge < -0.3 is 20.3 Å². The van der Waals surface area contributed by atoms with Gasteiger partial charge in [0.15, 0.2) is 0 Å². The molecule has 0 bridgehead atoms. The fourth-order valence-electron chi connectivity index (χ4n) is 3.15. The van der Waals surface area contributed by atoms with Gasteiger partial charge in [-0.25, -0.2) is 0 Å². The molecule has 1 heterocycles. The normalized spacial score (nSPS) is 25.8. The summed E-state index contributed by atoms with van der Waals surface area (Å²) in [4.78, 5) is 16.4. The van der Waals surface area contributed by atoms with Gasteiger partial charge in [-0.05, 0) is 38.1 Å². The van der Waals surface area contributed by atoms with E-state index in [1.165, 1.54) is 0 Å². The van der Waals surface area contributed by atoms with Crippen LogP contribution in [0.5, 0.6) is 0 Å². The van der Waals surface area contributed by atoms with Gasteiger partial charge in [-0.3, -0.25) is 4.79 Å². The number of nitrogens with zero attached hydrogens (tertiary/aromatic N) is 2. The predicted octanol–water partition coefficient (Wildman–Crippen LogP) is 1.07. The number of carbonyl (C=O) groups is 1. The number of nitrogens with two attached hydrogens (primary N) is 1. The van der Waals surface area contributed by atoms with Gasteiger partial charge in [-0.1, -0.05) is 13.8 Å². The summed E-state index contributed by atoms with van der Waals surface area (Å²) in [5.41, 5.74) is 6.05. The van der Waals surface area contributed by atoms with E-state index in [0.29, 0.717) is 12.0 Å². The lowest BCUT2D eigenvalue weighted by molar-refractivity contribution is -0.148. The van der Waals surface area contributed by atoms with E-state index in [1.807, 2.05) is 4.90 Å². The maximum absolute atomic E-state index is 12.3. The molecule has 1 saturated heterocycles. The fraction of sp³-hybridized carbons (Fsp3) is 0.938. The molecule has 0 aromatic rings. The minimum atomic E-state index is -0.280. The molecule has 2 rings (SSSR count). The largest absolute Gasteiger partial charge is 0.364 e. The monoisotopic (exact) mass is 297 g/mol. The minimum Gasteiger partial charge on any atom is -0.364 e. The topological polar surface area (TPSA) is 58.8 Å². The van der Waals surface area contributed by atoms with Crippen LogP contribution >= 0.6 is 0 Å². The second-order valence-electron chi connectivity index (χ2n) is 7.52. The lowest BCUT2D eigenvalue weighted by atomic mass is 9.71. The second kappa shape index (κ2) is 6.63. The number of ether oxygens (including phenoxy) is 1. The molecule has 1 aliphatic heterocycles. The molecule has 1 aliphatic carbocycles. The van der Waals surface area contributed by atoms with Crippen molar-refractivity contribution in [3.8, 4) is 0 Å². The lowest BCUT2D eigenvalue weighted by Crippen LogP contribution is -2.51. The van der Waals surface area contributed by atoms with Crippen molar-refractivity contribution in [3.63, 3.8) is 0 Å². The maximum Gasteiger partial charge on any atom is 0.248 e. The highest BCUT2D eigenvalue weighted by atomic mass is 16.5. The van der Waals surface area contributed by atoms with Crippen molar-refractivity contribution in [2.45, 2.75) is 45.1 Å². The first-order valence-electron chi connectivity index (χ1n) is 8.16. The van der Waals surface area contributed by atoms with Crippen LogP contribution in [0.15, 0.2) is 0 Å². The van der Waals surface area contributed by atoms with Crippen molar-refractivity contribution in [2.24, 2.45) is 11.1 Å². The number of piperazine rings is 1. The SMILES string of the molecule is CN1CCN(C(=O)COC2(CN)CCC(C)(C)CC2)CC1. The Bertz CT molecular complexity index is 353. The van der Waals surface area contributed by atoms with E-state index < -0.39 is 0 Å². The molecular formula is C16H31N3O2. The molecule has 5 nitrogen and oxygen atoms in total. The highest BCUT2D eigenvalue weighted by Gasteiger charge is 2.38. The third-order valence-corrected chi connectivity index (χ3v) is 5.24. The van der Waals surface area contributed by atoms with Gasteiger partial charge >= 0.3 is 0 Å². The van der Waals surface area contributed by atoms with Crippen LogP contribution in [-0.2, 0) is 9.53 Å². The zero-order chi connectivity index (χ0) is 15.5. The molecule has 0 radical (unpaired) electrons. The third-order valence-electron chi connectivity index (χ3n) is 5.24. The molecule has 5 heteroatoms. The van der Waals surface area contributed by atoms with Crippen LogP contribution in [0.3, 0.4) is 0 Å². The summed E-state index contributed by atoms with van der Waals surface area (Å²) in [7, 11) is 2.09. The Kier molecular flexibility index (Phi) is 5.28. The average Bonchev–Trinajstić information content (AvgIpc) is 2.47. The Morgan fingerprint density at radius 2 is 1.67 bits per heavy atom. The van der Waals surface area contributed by atoms with Crippen LogP contribution < -0.4 is 5.73 Å². The molecule has 2 N–H and O–H groups in total. The lowest BCUT2D eigenvalue weighted by Gasteiger charge is -2.43. The summed E-state index contributed by atoms with van der Waals surface area (Å²) in [5, 5.41) is 0. The summed E-state index contributed by atoms with van der Waals surface area (Å²) in [6.45, 7) is 8.79. The highest BCUT2D eigenvalue weighted by molar-refractivity contribution is 5.77. The Morgan fingerprint density at radius 3 is 2.19 bits per heavy atom. The maximum atomic E-state index is 12.3. The molecule has 1 amide bonds. The van der Waals surface area contributed by atoms with Crippen LogP contribution in [0.25, 0.3) is 0 Å². The van der Waals surface area contributed by atoms with Gasteiger partial charge in [0, 0.05) is 32.7 Å². The molecule has 2 aliphatic rings. The molecule has 21 heavy (non-hydrogen) atoms. The van der Waals surface area contributed by atoms with Crippen molar-refractivity contribution in [1.29, 1.82) is 0 Å². The number of rotatable bonds is 4. The van der Waals surface area contributed by atoms with Gasteiger partial charge in [0.1, 0.15) is 6.61 Å². The average molecular weight is 297 g/mol. The zero-order valence-electron chi connectivity index (χ0n) is 13.9. The molecule has 0 aromatic heterocycles. The van der Waals surface area contributed by atoms with E-state index >= 15 is 0 Å². The molecule has 0 atom stereocenters. The molecular weight excluding hydrogens is 266 g/mol. The van der Waals surface area contributed by atoms with Gasteiger partial charge in [-0.2, -0.15) is 0 Å². The van der Waals surface area contributed by atoms with E-state index in [4.69, 9.17) is 10.5 Å². The van der Waals surface area contributed by atoms with Gasteiger partial charge in [-0.15, -0.1) is 0 Å². The van der Waals surface area contributed by atoms with Crippen molar-refractivity contribution < 1.29 is 9.53 Å². The zero-order valence-corrected chi connectivity index (χ0v) is 13.9.